The Labute approximate surface area is 65.8 Å². The van der Waals surface area contributed by atoms with E-state index in [9.17, 15) is 0 Å². The van der Waals surface area contributed by atoms with Crippen LogP contribution in [-0.4, -0.2) is 10.1 Å². The Balaban J connectivity index is 2.82. The zero-order chi connectivity index (χ0) is 8.43. The number of hydrogen-bond donors (Lipinski definition) is 1. The van der Waals surface area contributed by atoms with Crippen molar-refractivity contribution in [2.45, 2.75) is 32.7 Å². The molecule has 0 spiro atoms. The molecule has 2 N–H and O–H groups in total. The van der Waals surface area contributed by atoms with Gasteiger partial charge in [0.2, 0.25) is 5.89 Å². The lowest BCUT2D eigenvalue weighted by molar-refractivity contribution is 0.356. The minimum Gasteiger partial charge on any atom is -0.338 e. The van der Waals surface area contributed by atoms with Crippen LogP contribution in [0.3, 0.4) is 0 Å². The van der Waals surface area contributed by atoms with E-state index in [2.05, 4.69) is 10.1 Å². The third kappa shape index (κ3) is 1.77. The van der Waals surface area contributed by atoms with Crippen LogP contribution in [0.2, 0.25) is 0 Å². The smallest absolute Gasteiger partial charge is 0.243 e. The van der Waals surface area contributed by atoms with E-state index in [1.54, 1.807) is 0 Å². The molecule has 1 rings (SSSR count). The summed E-state index contributed by atoms with van der Waals surface area (Å²) < 4.78 is 4.90. The van der Waals surface area contributed by atoms with Gasteiger partial charge in [0, 0.05) is 5.92 Å². The molecule has 0 saturated heterocycles. The number of aromatic nitrogens is 2. The van der Waals surface area contributed by atoms with Gasteiger partial charge in [-0.1, -0.05) is 19.0 Å². The lowest BCUT2D eigenvalue weighted by atomic mass is 10.2. The number of rotatable bonds is 2. The van der Waals surface area contributed by atoms with E-state index < -0.39 is 0 Å². The van der Waals surface area contributed by atoms with E-state index in [1.807, 2.05) is 20.8 Å². The molecule has 4 heteroatoms. The Morgan fingerprint density at radius 3 is 2.27 bits per heavy atom. The monoisotopic (exact) mass is 155 g/mol. The molecular formula is C7H13N3O. The van der Waals surface area contributed by atoms with Crippen molar-refractivity contribution in [3.63, 3.8) is 0 Å². The normalized spacial score (nSPS) is 13.9. The zero-order valence-electron chi connectivity index (χ0n) is 7.03. The van der Waals surface area contributed by atoms with Crippen LogP contribution in [0, 0.1) is 0 Å². The summed E-state index contributed by atoms with van der Waals surface area (Å²) in [6.45, 7) is 5.84. The molecule has 0 aliphatic carbocycles. The summed E-state index contributed by atoms with van der Waals surface area (Å²) >= 11 is 0. The maximum atomic E-state index is 5.53. The Hall–Kier alpha value is -0.900. The fourth-order valence-corrected chi connectivity index (χ4v) is 0.667. The Kier molecular flexibility index (Phi) is 2.24. The van der Waals surface area contributed by atoms with E-state index in [-0.39, 0.29) is 6.04 Å². The topological polar surface area (TPSA) is 64.9 Å². The summed E-state index contributed by atoms with van der Waals surface area (Å²) in [5, 5.41) is 3.77. The molecule has 1 heterocycles. The summed E-state index contributed by atoms with van der Waals surface area (Å²) in [6.07, 6.45) is 0. The first-order valence-electron chi connectivity index (χ1n) is 3.70. The second kappa shape index (κ2) is 3.00. The molecule has 1 aromatic heterocycles. The van der Waals surface area contributed by atoms with Crippen LogP contribution in [0.4, 0.5) is 0 Å². The van der Waals surface area contributed by atoms with Crippen molar-refractivity contribution in [2.24, 2.45) is 5.73 Å². The predicted octanol–water partition coefficient (Wildman–Crippen LogP) is 1.21. The highest BCUT2D eigenvalue weighted by Crippen LogP contribution is 2.12. The molecule has 0 aliphatic heterocycles. The second-order valence-electron chi connectivity index (χ2n) is 2.93. The lowest BCUT2D eigenvalue weighted by Gasteiger charge is -1.94. The fourth-order valence-electron chi connectivity index (χ4n) is 0.667. The summed E-state index contributed by atoms with van der Waals surface area (Å²) in [5.41, 5.74) is 5.53. The van der Waals surface area contributed by atoms with Gasteiger partial charge >= 0.3 is 0 Å². The zero-order valence-corrected chi connectivity index (χ0v) is 7.03. The van der Waals surface area contributed by atoms with E-state index in [0.717, 1.165) is 5.82 Å². The van der Waals surface area contributed by atoms with Gasteiger partial charge in [-0.15, -0.1) is 0 Å². The summed E-state index contributed by atoms with van der Waals surface area (Å²) in [5.74, 6) is 1.53. The van der Waals surface area contributed by atoms with Gasteiger partial charge in [-0.05, 0) is 6.92 Å². The molecular weight excluding hydrogens is 142 g/mol. The fraction of sp³-hybridized carbons (Fsp3) is 0.714. The molecule has 0 radical (unpaired) electrons. The van der Waals surface area contributed by atoms with E-state index in [1.165, 1.54) is 0 Å². The molecule has 0 aliphatic rings. The van der Waals surface area contributed by atoms with Gasteiger partial charge in [0.25, 0.3) is 0 Å². The third-order valence-corrected chi connectivity index (χ3v) is 1.36. The lowest BCUT2D eigenvalue weighted by Crippen LogP contribution is -2.05. The molecule has 0 fully saturated rings. The molecule has 0 bridgehead atoms. The standard InChI is InChI=1S/C7H13N3O/c1-4(2)6-9-7(5(3)8)11-10-6/h4-5H,8H2,1-3H3/t5-/m0/s1. The van der Waals surface area contributed by atoms with Crippen LogP contribution < -0.4 is 5.73 Å². The first-order valence-corrected chi connectivity index (χ1v) is 3.70. The van der Waals surface area contributed by atoms with Crippen molar-refractivity contribution in [1.29, 1.82) is 0 Å². The average molecular weight is 155 g/mol. The van der Waals surface area contributed by atoms with Crippen molar-refractivity contribution in [3.05, 3.63) is 11.7 Å². The van der Waals surface area contributed by atoms with Crippen LogP contribution >= 0.6 is 0 Å². The van der Waals surface area contributed by atoms with Gasteiger partial charge < -0.3 is 10.3 Å². The van der Waals surface area contributed by atoms with Gasteiger partial charge in [-0.3, -0.25) is 0 Å². The SMILES string of the molecule is CC(C)c1noc([C@H](C)N)n1. The molecule has 0 unspecified atom stereocenters. The van der Waals surface area contributed by atoms with Gasteiger partial charge in [-0.2, -0.15) is 4.98 Å². The van der Waals surface area contributed by atoms with Gasteiger partial charge in [0.1, 0.15) is 0 Å². The van der Waals surface area contributed by atoms with E-state index in [0.29, 0.717) is 11.8 Å². The minimum atomic E-state index is -0.171. The first kappa shape index (κ1) is 8.20. The van der Waals surface area contributed by atoms with Gasteiger partial charge in [-0.25, -0.2) is 0 Å². The van der Waals surface area contributed by atoms with E-state index >= 15 is 0 Å². The van der Waals surface area contributed by atoms with Crippen LogP contribution in [-0.2, 0) is 0 Å². The molecule has 1 aromatic rings. The molecule has 0 amide bonds. The van der Waals surface area contributed by atoms with Gasteiger partial charge in [0.05, 0.1) is 6.04 Å². The molecule has 0 aromatic carbocycles. The summed E-state index contributed by atoms with van der Waals surface area (Å²) in [6, 6.07) is -0.171. The van der Waals surface area contributed by atoms with Crippen LogP contribution in [0.5, 0.6) is 0 Å². The summed E-state index contributed by atoms with van der Waals surface area (Å²) in [7, 11) is 0. The average Bonchev–Trinajstić information content (AvgIpc) is 2.33. The van der Waals surface area contributed by atoms with Crippen molar-refractivity contribution >= 4 is 0 Å². The maximum Gasteiger partial charge on any atom is 0.243 e. The number of nitrogens with two attached hydrogens (primary N) is 1. The van der Waals surface area contributed by atoms with Gasteiger partial charge in [0.15, 0.2) is 5.82 Å². The van der Waals surface area contributed by atoms with Crippen LogP contribution in [0.25, 0.3) is 0 Å². The highest BCUT2D eigenvalue weighted by molar-refractivity contribution is 4.93. The quantitative estimate of drug-likeness (QED) is 0.697. The number of nitrogens with zero attached hydrogens (tertiary/aromatic N) is 2. The Morgan fingerprint density at radius 2 is 2.00 bits per heavy atom. The Morgan fingerprint density at radius 1 is 1.36 bits per heavy atom. The van der Waals surface area contributed by atoms with Crippen LogP contribution in [0.15, 0.2) is 4.52 Å². The largest absolute Gasteiger partial charge is 0.338 e. The van der Waals surface area contributed by atoms with Crippen molar-refractivity contribution in [1.82, 2.24) is 10.1 Å². The molecule has 4 nitrogen and oxygen atoms in total. The molecule has 11 heavy (non-hydrogen) atoms. The van der Waals surface area contributed by atoms with Crippen molar-refractivity contribution < 1.29 is 4.52 Å². The maximum absolute atomic E-state index is 5.53. The highest BCUT2D eigenvalue weighted by atomic mass is 16.5. The van der Waals surface area contributed by atoms with E-state index in [4.69, 9.17) is 10.3 Å². The minimum absolute atomic E-state index is 0.171. The Bertz CT molecular complexity index is 207. The highest BCUT2D eigenvalue weighted by Gasteiger charge is 2.11. The predicted molar refractivity (Wildman–Crippen MR) is 41.0 cm³/mol. The summed E-state index contributed by atoms with van der Waals surface area (Å²) in [4.78, 5) is 4.11. The van der Waals surface area contributed by atoms with Crippen molar-refractivity contribution in [2.75, 3.05) is 0 Å². The van der Waals surface area contributed by atoms with Crippen molar-refractivity contribution in [3.8, 4) is 0 Å². The molecule has 0 saturated carbocycles. The first-order chi connectivity index (χ1) is 5.11. The molecule has 62 valence electrons. The molecule has 1 atom stereocenters. The second-order valence-corrected chi connectivity index (χ2v) is 2.93. The number of hydrogen-bond acceptors (Lipinski definition) is 4. The van der Waals surface area contributed by atoms with Crippen LogP contribution in [0.1, 0.15) is 44.4 Å². The third-order valence-electron chi connectivity index (χ3n) is 1.36.